The van der Waals surface area contributed by atoms with E-state index in [9.17, 15) is 18.8 Å². The van der Waals surface area contributed by atoms with E-state index >= 15 is 0 Å². The van der Waals surface area contributed by atoms with Crippen molar-refractivity contribution < 1.29 is 23.5 Å². The van der Waals surface area contributed by atoms with Gasteiger partial charge in [0.15, 0.2) is 0 Å². The number of carbonyl (C=O) groups excluding carboxylic acids is 3. The molecule has 0 saturated carbocycles. The SMILES string of the molecule is CCC(C)(C)NC(=O)C(c1cccc(OC)c1)N(C(=O)CNC(=O)c1cccs1)c1cccc(F)c1. The molecule has 1 heterocycles. The van der Waals surface area contributed by atoms with Gasteiger partial charge >= 0.3 is 0 Å². The van der Waals surface area contributed by atoms with Crippen molar-refractivity contribution in [1.29, 1.82) is 0 Å². The maximum atomic E-state index is 14.3. The number of hydrogen-bond acceptors (Lipinski definition) is 5. The van der Waals surface area contributed by atoms with E-state index < -0.39 is 41.7 Å². The van der Waals surface area contributed by atoms with E-state index in [4.69, 9.17) is 4.74 Å². The van der Waals surface area contributed by atoms with Crippen molar-refractivity contribution in [3.05, 3.63) is 82.3 Å². The number of methoxy groups -OCH3 is 1. The Morgan fingerprint density at radius 2 is 1.83 bits per heavy atom. The molecule has 3 amide bonds. The third kappa shape index (κ3) is 6.69. The number of anilines is 1. The average molecular weight is 512 g/mol. The van der Waals surface area contributed by atoms with Crippen molar-refractivity contribution in [2.24, 2.45) is 0 Å². The number of hydrogen-bond donors (Lipinski definition) is 2. The molecule has 0 aliphatic heterocycles. The molecule has 9 heteroatoms. The lowest BCUT2D eigenvalue weighted by Crippen LogP contribution is -2.52. The topological polar surface area (TPSA) is 87.7 Å². The van der Waals surface area contributed by atoms with Crippen LogP contribution in [0.4, 0.5) is 10.1 Å². The van der Waals surface area contributed by atoms with E-state index in [0.29, 0.717) is 22.6 Å². The van der Waals surface area contributed by atoms with Crippen LogP contribution in [-0.4, -0.2) is 36.9 Å². The molecular weight excluding hydrogens is 481 g/mol. The molecule has 3 aromatic rings. The highest BCUT2D eigenvalue weighted by Gasteiger charge is 2.35. The molecule has 2 aromatic carbocycles. The molecule has 190 valence electrons. The Labute approximate surface area is 214 Å². The zero-order chi connectivity index (χ0) is 26.3. The fourth-order valence-electron chi connectivity index (χ4n) is 3.52. The molecule has 1 aromatic heterocycles. The van der Waals surface area contributed by atoms with Gasteiger partial charge in [0, 0.05) is 11.2 Å². The van der Waals surface area contributed by atoms with Gasteiger partial charge in [0.1, 0.15) is 17.6 Å². The van der Waals surface area contributed by atoms with E-state index in [1.54, 1.807) is 47.8 Å². The summed E-state index contributed by atoms with van der Waals surface area (Å²) in [5, 5.41) is 7.36. The number of nitrogens with one attached hydrogen (secondary N) is 2. The normalized spacial score (nSPS) is 11.9. The van der Waals surface area contributed by atoms with Crippen molar-refractivity contribution >= 4 is 34.7 Å². The van der Waals surface area contributed by atoms with Crippen molar-refractivity contribution in [2.45, 2.75) is 38.8 Å². The monoisotopic (exact) mass is 511 g/mol. The molecule has 0 bridgehead atoms. The summed E-state index contributed by atoms with van der Waals surface area (Å²) in [6, 6.07) is 14.5. The first-order valence-electron chi connectivity index (χ1n) is 11.5. The predicted molar refractivity (Wildman–Crippen MR) is 139 cm³/mol. The number of nitrogens with zero attached hydrogens (tertiary/aromatic N) is 1. The van der Waals surface area contributed by atoms with Gasteiger partial charge in [0.25, 0.3) is 5.91 Å². The van der Waals surface area contributed by atoms with Crippen LogP contribution in [-0.2, 0) is 9.59 Å². The lowest BCUT2D eigenvalue weighted by Gasteiger charge is -2.34. The zero-order valence-electron chi connectivity index (χ0n) is 20.7. The molecule has 1 atom stereocenters. The molecule has 0 aliphatic carbocycles. The van der Waals surface area contributed by atoms with Gasteiger partial charge in [-0.25, -0.2) is 4.39 Å². The fraction of sp³-hybridized carbons (Fsp3) is 0.296. The highest BCUT2D eigenvalue weighted by Crippen LogP contribution is 2.31. The first kappa shape index (κ1) is 26.9. The van der Waals surface area contributed by atoms with Gasteiger partial charge in [-0.05, 0) is 67.6 Å². The van der Waals surface area contributed by atoms with Gasteiger partial charge in [-0.2, -0.15) is 0 Å². The van der Waals surface area contributed by atoms with Gasteiger partial charge in [0.05, 0.1) is 18.5 Å². The molecule has 1 unspecified atom stereocenters. The van der Waals surface area contributed by atoms with Gasteiger partial charge in [-0.15, -0.1) is 11.3 Å². The van der Waals surface area contributed by atoms with Crippen LogP contribution < -0.4 is 20.3 Å². The summed E-state index contributed by atoms with van der Waals surface area (Å²) in [5.41, 5.74) is 0.0988. The average Bonchev–Trinajstić information content (AvgIpc) is 3.40. The van der Waals surface area contributed by atoms with Gasteiger partial charge < -0.3 is 15.4 Å². The highest BCUT2D eigenvalue weighted by atomic mass is 32.1. The second-order valence-corrected chi connectivity index (χ2v) is 9.76. The zero-order valence-corrected chi connectivity index (χ0v) is 21.5. The number of thiophene rings is 1. The Bertz CT molecular complexity index is 1210. The summed E-state index contributed by atoms with van der Waals surface area (Å²) in [4.78, 5) is 41.5. The molecular formula is C27H30FN3O4S. The summed E-state index contributed by atoms with van der Waals surface area (Å²) in [6.45, 7) is 5.31. The van der Waals surface area contributed by atoms with Crippen molar-refractivity contribution in [1.82, 2.24) is 10.6 Å². The van der Waals surface area contributed by atoms with E-state index in [0.717, 1.165) is 0 Å². The molecule has 7 nitrogen and oxygen atoms in total. The van der Waals surface area contributed by atoms with Crippen molar-refractivity contribution in [3.63, 3.8) is 0 Å². The van der Waals surface area contributed by atoms with Crippen LogP contribution in [0.25, 0.3) is 0 Å². The third-order valence-electron chi connectivity index (χ3n) is 5.76. The number of halogens is 1. The highest BCUT2D eigenvalue weighted by molar-refractivity contribution is 7.12. The molecule has 3 rings (SSSR count). The molecule has 0 fully saturated rings. The van der Waals surface area contributed by atoms with Crippen LogP contribution in [0.15, 0.2) is 66.0 Å². The minimum atomic E-state index is -1.15. The van der Waals surface area contributed by atoms with Crippen LogP contribution in [0.3, 0.4) is 0 Å². The Kier molecular flexibility index (Phi) is 8.82. The standard InChI is InChI=1S/C27H30FN3O4S/c1-5-27(2,3)30-26(34)24(18-9-6-12-21(15-18)35-4)31(20-11-7-10-19(28)16-20)23(32)17-29-25(33)22-13-8-14-36-22/h6-16,24H,5,17H2,1-4H3,(H,29,33)(H,30,34). The minimum Gasteiger partial charge on any atom is -0.497 e. The predicted octanol–water partition coefficient (Wildman–Crippen LogP) is 4.70. The summed E-state index contributed by atoms with van der Waals surface area (Å²) >= 11 is 1.25. The van der Waals surface area contributed by atoms with Crippen molar-refractivity contribution in [3.8, 4) is 5.75 Å². The molecule has 0 aliphatic rings. The largest absolute Gasteiger partial charge is 0.497 e. The summed E-state index contributed by atoms with van der Waals surface area (Å²) < 4.78 is 19.6. The summed E-state index contributed by atoms with van der Waals surface area (Å²) in [5.74, 6) is -1.50. The Hall–Kier alpha value is -3.72. The fourth-order valence-corrected chi connectivity index (χ4v) is 4.16. The van der Waals surface area contributed by atoms with Crippen molar-refractivity contribution in [2.75, 3.05) is 18.6 Å². The van der Waals surface area contributed by atoms with E-state index in [1.165, 1.54) is 41.5 Å². The molecule has 0 radical (unpaired) electrons. The van der Waals surface area contributed by atoms with Gasteiger partial charge in [0.2, 0.25) is 11.8 Å². The summed E-state index contributed by atoms with van der Waals surface area (Å²) in [7, 11) is 1.50. The van der Waals surface area contributed by atoms with Crippen LogP contribution in [0.5, 0.6) is 5.75 Å². The third-order valence-corrected chi connectivity index (χ3v) is 6.63. The van der Waals surface area contributed by atoms with Crippen LogP contribution in [0.2, 0.25) is 0 Å². The Morgan fingerprint density at radius 3 is 2.47 bits per heavy atom. The van der Waals surface area contributed by atoms with E-state index in [-0.39, 0.29) is 5.69 Å². The Morgan fingerprint density at radius 1 is 1.08 bits per heavy atom. The molecule has 36 heavy (non-hydrogen) atoms. The first-order valence-corrected chi connectivity index (χ1v) is 12.4. The maximum Gasteiger partial charge on any atom is 0.261 e. The number of amides is 3. The van der Waals surface area contributed by atoms with Gasteiger partial charge in [-0.3, -0.25) is 19.3 Å². The quantitative estimate of drug-likeness (QED) is 0.413. The summed E-state index contributed by atoms with van der Waals surface area (Å²) in [6.07, 6.45) is 0.647. The number of rotatable bonds is 10. The second kappa shape index (κ2) is 11.8. The number of benzene rings is 2. The lowest BCUT2D eigenvalue weighted by molar-refractivity contribution is -0.127. The van der Waals surface area contributed by atoms with Crippen LogP contribution in [0, 0.1) is 5.82 Å². The number of ether oxygens (including phenoxy) is 1. The Balaban J connectivity index is 2.06. The van der Waals surface area contributed by atoms with E-state index in [1.807, 2.05) is 20.8 Å². The number of carbonyl (C=O) groups is 3. The minimum absolute atomic E-state index is 0.183. The second-order valence-electron chi connectivity index (χ2n) is 8.81. The molecule has 0 spiro atoms. The molecule has 0 saturated heterocycles. The van der Waals surface area contributed by atoms with Crippen LogP contribution in [0.1, 0.15) is 48.5 Å². The first-order chi connectivity index (χ1) is 17.1. The smallest absolute Gasteiger partial charge is 0.261 e. The maximum absolute atomic E-state index is 14.3. The van der Waals surface area contributed by atoms with Crippen LogP contribution >= 0.6 is 11.3 Å². The molecule has 2 N–H and O–H groups in total. The van der Waals surface area contributed by atoms with E-state index in [2.05, 4.69) is 10.6 Å². The van der Waals surface area contributed by atoms with Gasteiger partial charge in [-0.1, -0.05) is 31.2 Å². The lowest BCUT2D eigenvalue weighted by atomic mass is 9.98.